The van der Waals surface area contributed by atoms with Crippen LogP contribution in [0.3, 0.4) is 0 Å². The largest absolute Gasteiger partial charge is 0.478 e. The van der Waals surface area contributed by atoms with Gasteiger partial charge in [-0.1, -0.05) is 11.6 Å². The summed E-state index contributed by atoms with van der Waals surface area (Å²) in [4.78, 5) is 16.5. The quantitative estimate of drug-likeness (QED) is 0.797. The van der Waals surface area contributed by atoms with Crippen molar-refractivity contribution in [1.82, 2.24) is 14.8 Å². The van der Waals surface area contributed by atoms with E-state index >= 15 is 0 Å². The predicted octanol–water partition coefficient (Wildman–Crippen LogP) is 3.72. The first-order chi connectivity index (χ1) is 9.56. The molecule has 102 valence electrons. The van der Waals surface area contributed by atoms with Crippen molar-refractivity contribution in [2.24, 2.45) is 0 Å². The van der Waals surface area contributed by atoms with Crippen LogP contribution in [-0.2, 0) is 0 Å². The molecule has 0 spiro atoms. The Labute approximate surface area is 127 Å². The Balaban J connectivity index is 2.00. The van der Waals surface area contributed by atoms with Gasteiger partial charge < -0.3 is 5.11 Å². The fraction of sp³-hybridized carbons (Fsp3) is 0.0833. The predicted molar refractivity (Wildman–Crippen MR) is 79.3 cm³/mol. The second kappa shape index (κ2) is 5.01. The smallest absolute Gasteiger partial charge is 0.339 e. The Morgan fingerprint density at radius 1 is 1.45 bits per heavy atom. The Kier molecular flexibility index (Phi) is 3.33. The molecule has 0 unspecified atom stereocenters. The number of nitrogens with zero attached hydrogens (tertiary/aromatic N) is 3. The first-order valence-corrected chi connectivity index (χ1v) is 7.63. The van der Waals surface area contributed by atoms with E-state index in [1.807, 2.05) is 17.5 Å². The van der Waals surface area contributed by atoms with E-state index in [-0.39, 0.29) is 5.56 Å². The van der Waals surface area contributed by atoms with Gasteiger partial charge in [0, 0.05) is 5.38 Å². The minimum absolute atomic E-state index is 0.181. The van der Waals surface area contributed by atoms with Crippen LogP contribution >= 0.6 is 34.3 Å². The van der Waals surface area contributed by atoms with Gasteiger partial charge in [0.15, 0.2) is 0 Å². The lowest BCUT2D eigenvalue weighted by molar-refractivity contribution is 0.0696. The van der Waals surface area contributed by atoms with Crippen molar-refractivity contribution in [2.75, 3.05) is 0 Å². The summed E-state index contributed by atoms with van der Waals surface area (Å²) in [6.07, 6.45) is 1.33. The monoisotopic (exact) mass is 325 g/mol. The SMILES string of the molecule is Cc1c(C(=O)O)cnn1-c1nc(-c2ccc(Cl)s2)cs1. The number of thiophene rings is 1. The molecule has 0 aliphatic rings. The Morgan fingerprint density at radius 3 is 2.85 bits per heavy atom. The molecule has 20 heavy (non-hydrogen) atoms. The number of hydrogen-bond donors (Lipinski definition) is 1. The highest BCUT2D eigenvalue weighted by molar-refractivity contribution is 7.19. The van der Waals surface area contributed by atoms with E-state index in [4.69, 9.17) is 16.7 Å². The highest BCUT2D eigenvalue weighted by Gasteiger charge is 2.16. The average Bonchev–Trinajstić information content (AvgIpc) is 3.07. The molecule has 8 heteroatoms. The number of halogens is 1. The Morgan fingerprint density at radius 2 is 2.25 bits per heavy atom. The van der Waals surface area contributed by atoms with Crippen LogP contribution in [0.5, 0.6) is 0 Å². The molecule has 0 amide bonds. The van der Waals surface area contributed by atoms with Gasteiger partial charge in [0.1, 0.15) is 5.56 Å². The van der Waals surface area contributed by atoms with Gasteiger partial charge in [-0.2, -0.15) is 5.10 Å². The first-order valence-electron chi connectivity index (χ1n) is 5.56. The Hall–Kier alpha value is -1.70. The van der Waals surface area contributed by atoms with Crippen molar-refractivity contribution in [2.45, 2.75) is 6.92 Å². The molecule has 0 saturated heterocycles. The van der Waals surface area contributed by atoms with Crippen LogP contribution in [0.2, 0.25) is 4.34 Å². The molecule has 1 N–H and O–H groups in total. The number of carbonyl (C=O) groups is 1. The molecule has 0 radical (unpaired) electrons. The second-order valence-corrected chi connectivity index (χ2v) is 6.53. The molecule has 5 nitrogen and oxygen atoms in total. The lowest BCUT2D eigenvalue weighted by Crippen LogP contribution is -2.02. The maximum Gasteiger partial charge on any atom is 0.339 e. The summed E-state index contributed by atoms with van der Waals surface area (Å²) < 4.78 is 2.24. The molecule has 0 aromatic carbocycles. The molecule has 3 aromatic heterocycles. The van der Waals surface area contributed by atoms with Gasteiger partial charge in [-0.15, -0.1) is 22.7 Å². The summed E-state index contributed by atoms with van der Waals surface area (Å²) in [6.45, 7) is 1.71. The fourth-order valence-electron chi connectivity index (χ4n) is 1.74. The first kappa shape index (κ1) is 13.3. The molecule has 3 heterocycles. The fourth-order valence-corrected chi connectivity index (χ4v) is 3.65. The molecule has 0 fully saturated rings. The topological polar surface area (TPSA) is 68.0 Å². The van der Waals surface area contributed by atoms with E-state index in [9.17, 15) is 4.79 Å². The molecule has 0 aliphatic carbocycles. The molecule has 0 aliphatic heterocycles. The summed E-state index contributed by atoms with van der Waals surface area (Å²) in [5.74, 6) is -0.990. The summed E-state index contributed by atoms with van der Waals surface area (Å²) in [5.41, 5.74) is 1.55. The molecular weight excluding hydrogens is 318 g/mol. The minimum Gasteiger partial charge on any atom is -0.478 e. The van der Waals surface area contributed by atoms with E-state index in [0.717, 1.165) is 10.6 Å². The minimum atomic E-state index is -0.990. The number of thiazole rings is 1. The summed E-state index contributed by atoms with van der Waals surface area (Å²) in [7, 11) is 0. The van der Waals surface area contributed by atoms with Crippen molar-refractivity contribution in [1.29, 1.82) is 0 Å². The van der Waals surface area contributed by atoms with Crippen LogP contribution in [0.15, 0.2) is 23.7 Å². The number of aromatic nitrogens is 3. The zero-order valence-electron chi connectivity index (χ0n) is 10.2. The lowest BCUT2D eigenvalue weighted by atomic mass is 10.3. The maximum atomic E-state index is 11.0. The summed E-state index contributed by atoms with van der Waals surface area (Å²) in [5, 5.41) is 15.6. The molecule has 3 rings (SSSR count). The average molecular weight is 326 g/mol. The number of aromatic carboxylic acids is 1. The molecule has 3 aromatic rings. The third kappa shape index (κ3) is 2.24. The second-order valence-electron chi connectivity index (χ2n) is 3.98. The Bertz CT molecular complexity index is 790. The summed E-state index contributed by atoms with van der Waals surface area (Å²) in [6, 6.07) is 3.73. The standard InChI is InChI=1S/C12H8ClN3O2S2/c1-6-7(11(17)18)4-14-16(6)12-15-8(5-19-12)9-2-3-10(13)20-9/h2-5H,1H3,(H,17,18). The third-order valence-electron chi connectivity index (χ3n) is 2.74. The van der Waals surface area contributed by atoms with Crippen LogP contribution in [0.4, 0.5) is 0 Å². The van der Waals surface area contributed by atoms with Crippen LogP contribution in [0.1, 0.15) is 16.1 Å². The van der Waals surface area contributed by atoms with Crippen LogP contribution in [0.25, 0.3) is 15.7 Å². The lowest BCUT2D eigenvalue weighted by Gasteiger charge is -1.98. The number of hydrogen-bond acceptors (Lipinski definition) is 5. The van der Waals surface area contributed by atoms with Crippen molar-refractivity contribution in [3.05, 3.63) is 39.3 Å². The van der Waals surface area contributed by atoms with Crippen molar-refractivity contribution in [3.8, 4) is 15.7 Å². The highest BCUT2D eigenvalue weighted by atomic mass is 35.5. The number of carboxylic acid groups (broad SMARTS) is 1. The van der Waals surface area contributed by atoms with Gasteiger partial charge >= 0.3 is 5.97 Å². The van der Waals surface area contributed by atoms with Gasteiger partial charge in [-0.25, -0.2) is 14.5 Å². The van der Waals surface area contributed by atoms with Crippen molar-refractivity contribution < 1.29 is 9.90 Å². The van der Waals surface area contributed by atoms with Gasteiger partial charge in [-0.3, -0.25) is 0 Å². The van der Waals surface area contributed by atoms with Crippen LogP contribution < -0.4 is 0 Å². The number of rotatable bonds is 3. The molecular formula is C12H8ClN3O2S2. The zero-order valence-corrected chi connectivity index (χ0v) is 12.6. The van der Waals surface area contributed by atoms with Crippen LogP contribution in [-0.4, -0.2) is 25.8 Å². The van der Waals surface area contributed by atoms with E-state index in [0.29, 0.717) is 15.2 Å². The summed E-state index contributed by atoms with van der Waals surface area (Å²) >= 11 is 8.76. The van der Waals surface area contributed by atoms with E-state index < -0.39 is 5.97 Å². The highest BCUT2D eigenvalue weighted by Crippen LogP contribution is 2.32. The van der Waals surface area contributed by atoms with Crippen molar-refractivity contribution >= 4 is 40.2 Å². The molecule has 0 atom stereocenters. The van der Waals surface area contributed by atoms with Crippen LogP contribution in [0, 0.1) is 6.92 Å². The maximum absolute atomic E-state index is 11.0. The van der Waals surface area contributed by atoms with E-state index in [1.165, 1.54) is 33.6 Å². The van der Waals surface area contributed by atoms with E-state index in [1.54, 1.807) is 6.92 Å². The third-order valence-corrected chi connectivity index (χ3v) is 4.81. The van der Waals surface area contributed by atoms with Gasteiger partial charge in [0.05, 0.1) is 26.8 Å². The van der Waals surface area contributed by atoms with E-state index in [2.05, 4.69) is 10.1 Å². The normalized spacial score (nSPS) is 10.9. The van der Waals surface area contributed by atoms with Gasteiger partial charge in [-0.05, 0) is 19.1 Å². The number of carboxylic acids is 1. The molecule has 0 bridgehead atoms. The zero-order chi connectivity index (χ0) is 14.3. The van der Waals surface area contributed by atoms with Gasteiger partial charge in [0.25, 0.3) is 0 Å². The molecule has 0 saturated carbocycles. The van der Waals surface area contributed by atoms with Gasteiger partial charge in [0.2, 0.25) is 5.13 Å². The van der Waals surface area contributed by atoms with Crippen molar-refractivity contribution in [3.63, 3.8) is 0 Å².